The number of nitrogens with zero attached hydrogens (tertiary/aromatic N) is 4. The number of hydrogen-bond acceptors (Lipinski definition) is 6. The van der Waals surface area contributed by atoms with E-state index in [1.807, 2.05) is 49.7 Å². The molecule has 7 nitrogen and oxygen atoms in total. The first kappa shape index (κ1) is 24.1. The number of ether oxygens (including phenoxy) is 1. The number of benzene rings is 2. The Kier molecular flexibility index (Phi) is 6.53. The van der Waals surface area contributed by atoms with E-state index < -0.39 is 0 Å². The molecule has 36 heavy (non-hydrogen) atoms. The number of thiazole rings is 1. The van der Waals surface area contributed by atoms with Crippen LogP contribution in [-0.4, -0.2) is 33.8 Å². The van der Waals surface area contributed by atoms with Crippen LogP contribution in [0.5, 0.6) is 5.75 Å². The van der Waals surface area contributed by atoms with Gasteiger partial charge in [0.25, 0.3) is 5.91 Å². The average molecular weight is 503 g/mol. The second-order valence-electron chi connectivity index (χ2n) is 9.17. The third-order valence-corrected chi connectivity index (χ3v) is 7.24. The van der Waals surface area contributed by atoms with Crippen molar-refractivity contribution in [1.29, 1.82) is 0 Å². The Balaban J connectivity index is 1.56. The summed E-state index contributed by atoms with van der Waals surface area (Å²) in [6.07, 6.45) is 0. The fourth-order valence-corrected chi connectivity index (χ4v) is 5.49. The van der Waals surface area contributed by atoms with Crippen molar-refractivity contribution in [2.75, 3.05) is 18.1 Å². The fraction of sp³-hybridized carbons (Fsp3) is 0.321. The van der Waals surface area contributed by atoms with Gasteiger partial charge in [0.2, 0.25) is 0 Å². The minimum Gasteiger partial charge on any atom is -0.490 e. The molecule has 0 saturated heterocycles. The van der Waals surface area contributed by atoms with E-state index in [0.29, 0.717) is 42.1 Å². The van der Waals surface area contributed by atoms with Gasteiger partial charge in [-0.15, -0.1) is 0 Å². The molecule has 0 aliphatic rings. The molecular formula is C28H30N4O3S. The molecule has 2 aromatic carbocycles. The molecule has 5 aromatic rings. The minimum atomic E-state index is -0.236. The van der Waals surface area contributed by atoms with E-state index in [1.54, 1.807) is 11.0 Å². The van der Waals surface area contributed by atoms with Crippen LogP contribution in [-0.2, 0) is 6.54 Å². The van der Waals surface area contributed by atoms with Crippen LogP contribution in [0.1, 0.15) is 54.2 Å². The van der Waals surface area contributed by atoms with Gasteiger partial charge in [-0.05, 0) is 56.5 Å². The van der Waals surface area contributed by atoms with E-state index in [1.165, 1.54) is 16.9 Å². The summed E-state index contributed by atoms with van der Waals surface area (Å²) in [5.74, 6) is 0.980. The number of carbonyl (C=O) groups is 1. The van der Waals surface area contributed by atoms with Gasteiger partial charge in [0.05, 0.1) is 29.1 Å². The zero-order valence-electron chi connectivity index (χ0n) is 21.2. The van der Waals surface area contributed by atoms with Gasteiger partial charge in [0.15, 0.2) is 22.2 Å². The van der Waals surface area contributed by atoms with Gasteiger partial charge in [-0.2, -0.15) is 5.10 Å². The molecule has 3 heterocycles. The van der Waals surface area contributed by atoms with Crippen molar-refractivity contribution < 1.29 is 13.9 Å². The summed E-state index contributed by atoms with van der Waals surface area (Å²) in [5, 5.41) is 6.05. The van der Waals surface area contributed by atoms with Gasteiger partial charge < -0.3 is 9.15 Å². The Morgan fingerprint density at radius 2 is 1.97 bits per heavy atom. The number of aryl methyl sites for hydroxylation is 2. The first-order valence-electron chi connectivity index (χ1n) is 12.2. The van der Waals surface area contributed by atoms with Gasteiger partial charge in [-0.3, -0.25) is 14.4 Å². The molecule has 0 bridgehead atoms. The lowest BCUT2D eigenvalue weighted by molar-refractivity contribution is 0.0961. The molecule has 5 rings (SSSR count). The van der Waals surface area contributed by atoms with Crippen molar-refractivity contribution in [2.24, 2.45) is 0 Å². The van der Waals surface area contributed by atoms with Crippen LogP contribution in [0, 0.1) is 13.8 Å². The van der Waals surface area contributed by atoms with Crippen LogP contribution in [0.4, 0.5) is 5.13 Å². The van der Waals surface area contributed by atoms with E-state index in [-0.39, 0.29) is 11.7 Å². The first-order chi connectivity index (χ1) is 17.4. The number of furan rings is 1. The van der Waals surface area contributed by atoms with Crippen LogP contribution in [0.2, 0.25) is 0 Å². The van der Waals surface area contributed by atoms with Gasteiger partial charge in [-0.1, -0.05) is 49.4 Å². The number of carbonyl (C=O) groups excluding carboxylic acids is 1. The number of anilines is 1. The predicted octanol–water partition coefficient (Wildman–Crippen LogP) is 6.72. The van der Waals surface area contributed by atoms with Crippen LogP contribution in [0.15, 0.2) is 52.9 Å². The highest BCUT2D eigenvalue weighted by molar-refractivity contribution is 7.22. The number of rotatable bonds is 8. The molecular weight excluding hydrogens is 472 g/mol. The van der Waals surface area contributed by atoms with Crippen molar-refractivity contribution in [1.82, 2.24) is 14.8 Å². The summed E-state index contributed by atoms with van der Waals surface area (Å²) >= 11 is 1.52. The SMILES string of the molecule is CCOc1cccc2cc(C(=O)N(CCn3nc(C)cc3C)c3nc4c(C(C)C)cccc4s3)oc12. The lowest BCUT2D eigenvalue weighted by Gasteiger charge is -2.19. The Morgan fingerprint density at radius 3 is 2.69 bits per heavy atom. The molecule has 1 amide bonds. The number of para-hydroxylation sites is 2. The van der Waals surface area contributed by atoms with Crippen LogP contribution < -0.4 is 9.64 Å². The Morgan fingerprint density at radius 1 is 1.17 bits per heavy atom. The summed E-state index contributed by atoms with van der Waals surface area (Å²) < 4.78 is 14.8. The highest BCUT2D eigenvalue weighted by Crippen LogP contribution is 2.35. The molecule has 3 aromatic heterocycles. The smallest absolute Gasteiger partial charge is 0.295 e. The Hall–Kier alpha value is -3.65. The molecule has 0 spiro atoms. The summed E-state index contributed by atoms with van der Waals surface area (Å²) in [5.41, 5.74) is 4.70. The summed E-state index contributed by atoms with van der Waals surface area (Å²) in [6, 6.07) is 15.7. The summed E-state index contributed by atoms with van der Waals surface area (Å²) in [6.45, 7) is 11.7. The Bertz CT molecular complexity index is 1550. The highest BCUT2D eigenvalue weighted by atomic mass is 32.1. The molecule has 186 valence electrons. The van der Waals surface area contributed by atoms with Crippen molar-refractivity contribution in [2.45, 2.75) is 47.1 Å². The Labute approximate surface area is 214 Å². The lowest BCUT2D eigenvalue weighted by atomic mass is 10.0. The second-order valence-corrected chi connectivity index (χ2v) is 10.2. The minimum absolute atomic E-state index is 0.236. The molecule has 0 N–H and O–H groups in total. The maximum absolute atomic E-state index is 13.9. The lowest BCUT2D eigenvalue weighted by Crippen LogP contribution is -2.34. The first-order valence-corrected chi connectivity index (χ1v) is 13.0. The molecule has 0 aliphatic heterocycles. The van der Waals surface area contributed by atoms with E-state index in [0.717, 1.165) is 27.0 Å². The standard InChI is InChI=1S/C28H30N4O3S/c1-6-34-22-11-7-9-20-16-23(35-26(20)22)27(33)31(13-14-32-19(5)15-18(4)30-32)28-29-25-21(17(2)3)10-8-12-24(25)36-28/h7-12,15-17H,6,13-14H2,1-5H3. The monoisotopic (exact) mass is 502 g/mol. The van der Waals surface area contributed by atoms with Gasteiger partial charge in [0.1, 0.15) is 0 Å². The van der Waals surface area contributed by atoms with E-state index >= 15 is 0 Å². The number of amides is 1. The van der Waals surface area contributed by atoms with Gasteiger partial charge in [0, 0.05) is 17.6 Å². The van der Waals surface area contributed by atoms with Crippen LogP contribution >= 0.6 is 11.3 Å². The molecule has 0 unspecified atom stereocenters. The van der Waals surface area contributed by atoms with E-state index in [9.17, 15) is 4.79 Å². The highest BCUT2D eigenvalue weighted by Gasteiger charge is 2.26. The summed E-state index contributed by atoms with van der Waals surface area (Å²) in [4.78, 5) is 20.6. The largest absolute Gasteiger partial charge is 0.490 e. The maximum atomic E-state index is 13.9. The van der Waals surface area contributed by atoms with E-state index in [4.69, 9.17) is 14.1 Å². The van der Waals surface area contributed by atoms with Crippen LogP contribution in [0.3, 0.4) is 0 Å². The van der Waals surface area contributed by atoms with Crippen molar-refractivity contribution in [3.63, 3.8) is 0 Å². The van der Waals surface area contributed by atoms with Crippen molar-refractivity contribution in [3.05, 3.63) is 71.2 Å². The zero-order valence-corrected chi connectivity index (χ0v) is 22.1. The molecule has 0 aliphatic carbocycles. The zero-order chi connectivity index (χ0) is 25.4. The number of aromatic nitrogens is 3. The van der Waals surface area contributed by atoms with Gasteiger partial charge in [-0.25, -0.2) is 4.98 Å². The topological polar surface area (TPSA) is 73.4 Å². The van der Waals surface area contributed by atoms with E-state index in [2.05, 4.69) is 37.1 Å². The summed E-state index contributed by atoms with van der Waals surface area (Å²) in [7, 11) is 0. The van der Waals surface area contributed by atoms with Crippen molar-refractivity contribution in [3.8, 4) is 5.75 Å². The molecule has 0 atom stereocenters. The molecule has 0 radical (unpaired) electrons. The van der Waals surface area contributed by atoms with Gasteiger partial charge >= 0.3 is 0 Å². The normalized spacial score (nSPS) is 11.6. The van der Waals surface area contributed by atoms with Crippen LogP contribution in [0.25, 0.3) is 21.2 Å². The number of fused-ring (bicyclic) bond motifs is 2. The second kappa shape index (κ2) is 9.78. The quantitative estimate of drug-likeness (QED) is 0.235. The predicted molar refractivity (Wildman–Crippen MR) is 144 cm³/mol. The maximum Gasteiger partial charge on any atom is 0.295 e. The number of hydrogen-bond donors (Lipinski definition) is 0. The molecule has 8 heteroatoms. The molecule has 0 saturated carbocycles. The average Bonchev–Trinajstić information content (AvgIpc) is 3.55. The van der Waals surface area contributed by atoms with Crippen molar-refractivity contribution >= 4 is 43.6 Å². The molecule has 0 fully saturated rings. The fourth-order valence-electron chi connectivity index (χ4n) is 4.46. The third-order valence-electron chi connectivity index (χ3n) is 6.19. The third kappa shape index (κ3) is 4.48.